The van der Waals surface area contributed by atoms with Gasteiger partial charge in [0.25, 0.3) is 0 Å². The van der Waals surface area contributed by atoms with E-state index >= 15 is 0 Å². The van der Waals surface area contributed by atoms with Crippen LogP contribution < -0.4 is 10.6 Å². The number of aromatic nitrogens is 2. The van der Waals surface area contributed by atoms with Gasteiger partial charge in [-0.25, -0.2) is 13.4 Å². The monoisotopic (exact) mass is 284 g/mol. The summed E-state index contributed by atoms with van der Waals surface area (Å²) in [7, 11) is -2.87. The Morgan fingerprint density at radius 2 is 2.21 bits per heavy atom. The second-order valence-corrected chi connectivity index (χ2v) is 7.12. The van der Waals surface area contributed by atoms with E-state index in [0.717, 1.165) is 18.7 Å². The molecule has 1 saturated heterocycles. The predicted octanol–water partition coefficient (Wildman–Crippen LogP) is 1.21. The highest BCUT2D eigenvalue weighted by Crippen LogP contribution is 2.17. The molecule has 1 aliphatic heterocycles. The topological polar surface area (TPSA) is 84.0 Å². The molecule has 2 rings (SSSR count). The van der Waals surface area contributed by atoms with Crippen LogP contribution in [0.1, 0.15) is 25.5 Å². The minimum Gasteiger partial charge on any atom is -0.366 e. The molecule has 0 aliphatic carbocycles. The standard InChI is InChI=1S/C12H20N4O2S/c1-3-5-13-12-14-9(2)7-11(16-12)15-10-4-6-19(17,18)8-10/h7,10H,3-6,8H2,1-2H3,(H2,13,14,15,16). The molecule has 1 aliphatic rings. The molecule has 6 nitrogen and oxygen atoms in total. The van der Waals surface area contributed by atoms with Crippen molar-refractivity contribution in [3.63, 3.8) is 0 Å². The van der Waals surface area contributed by atoms with E-state index in [0.29, 0.717) is 18.2 Å². The Morgan fingerprint density at radius 1 is 1.42 bits per heavy atom. The Labute approximate surface area is 114 Å². The Morgan fingerprint density at radius 3 is 2.84 bits per heavy atom. The van der Waals surface area contributed by atoms with Crippen LogP contribution in [0.5, 0.6) is 0 Å². The molecule has 0 saturated carbocycles. The van der Waals surface area contributed by atoms with Crippen LogP contribution in [0.25, 0.3) is 0 Å². The van der Waals surface area contributed by atoms with Crippen molar-refractivity contribution in [3.8, 4) is 0 Å². The van der Waals surface area contributed by atoms with Crippen molar-refractivity contribution in [1.82, 2.24) is 9.97 Å². The summed E-state index contributed by atoms with van der Waals surface area (Å²) in [6.45, 7) is 4.79. The molecule has 0 bridgehead atoms. The molecule has 0 radical (unpaired) electrons. The number of sulfone groups is 1. The Kier molecular flexibility index (Phi) is 4.24. The first-order valence-corrected chi connectivity index (χ1v) is 8.37. The van der Waals surface area contributed by atoms with Gasteiger partial charge < -0.3 is 10.6 Å². The van der Waals surface area contributed by atoms with Crippen LogP contribution in [0.15, 0.2) is 6.07 Å². The summed E-state index contributed by atoms with van der Waals surface area (Å²) in [6.07, 6.45) is 1.64. The van der Waals surface area contributed by atoms with Crippen molar-refractivity contribution in [2.45, 2.75) is 32.7 Å². The number of hydrogen-bond acceptors (Lipinski definition) is 6. The van der Waals surface area contributed by atoms with Gasteiger partial charge in [-0.15, -0.1) is 0 Å². The smallest absolute Gasteiger partial charge is 0.224 e. The minimum absolute atomic E-state index is 0.0432. The van der Waals surface area contributed by atoms with Gasteiger partial charge in [0.2, 0.25) is 5.95 Å². The third-order valence-corrected chi connectivity index (χ3v) is 4.74. The van der Waals surface area contributed by atoms with Crippen molar-refractivity contribution in [2.75, 3.05) is 28.7 Å². The molecule has 1 atom stereocenters. The fourth-order valence-electron chi connectivity index (χ4n) is 2.08. The van der Waals surface area contributed by atoms with Crippen molar-refractivity contribution in [3.05, 3.63) is 11.8 Å². The molecule has 0 amide bonds. The molecular formula is C12H20N4O2S. The molecule has 7 heteroatoms. The van der Waals surface area contributed by atoms with E-state index in [1.165, 1.54) is 0 Å². The summed E-state index contributed by atoms with van der Waals surface area (Å²) in [4.78, 5) is 8.65. The number of hydrogen-bond donors (Lipinski definition) is 2. The van der Waals surface area contributed by atoms with Gasteiger partial charge in [0.05, 0.1) is 11.5 Å². The highest BCUT2D eigenvalue weighted by atomic mass is 32.2. The van der Waals surface area contributed by atoms with E-state index < -0.39 is 9.84 Å². The van der Waals surface area contributed by atoms with Gasteiger partial charge in [-0.3, -0.25) is 0 Å². The summed E-state index contributed by atoms with van der Waals surface area (Å²) in [6, 6.07) is 1.79. The summed E-state index contributed by atoms with van der Waals surface area (Å²) >= 11 is 0. The Balaban J connectivity index is 2.06. The van der Waals surface area contributed by atoms with Crippen LogP contribution in [0, 0.1) is 6.92 Å². The first-order chi connectivity index (χ1) is 8.98. The minimum atomic E-state index is -2.87. The average Bonchev–Trinajstić information content (AvgIpc) is 2.65. The fourth-order valence-corrected chi connectivity index (χ4v) is 3.75. The first-order valence-electron chi connectivity index (χ1n) is 6.55. The van der Waals surface area contributed by atoms with Gasteiger partial charge in [-0.1, -0.05) is 6.92 Å². The molecular weight excluding hydrogens is 264 g/mol. The van der Waals surface area contributed by atoms with E-state index in [1.54, 1.807) is 0 Å². The van der Waals surface area contributed by atoms with Crippen molar-refractivity contribution < 1.29 is 8.42 Å². The summed E-state index contributed by atoms with van der Waals surface area (Å²) in [5, 5.41) is 6.32. The first kappa shape index (κ1) is 14.0. The maximum atomic E-state index is 11.4. The third kappa shape index (κ3) is 4.05. The van der Waals surface area contributed by atoms with Crippen LogP contribution in [0.3, 0.4) is 0 Å². The highest BCUT2D eigenvalue weighted by molar-refractivity contribution is 7.91. The van der Waals surface area contributed by atoms with Crippen LogP contribution in [0.2, 0.25) is 0 Å². The van der Waals surface area contributed by atoms with Crippen LogP contribution in [0.4, 0.5) is 11.8 Å². The lowest BCUT2D eigenvalue weighted by Crippen LogP contribution is -2.21. The summed E-state index contributed by atoms with van der Waals surface area (Å²) in [5.74, 6) is 1.72. The van der Waals surface area contributed by atoms with Gasteiger partial charge in [0.1, 0.15) is 5.82 Å². The second-order valence-electron chi connectivity index (χ2n) is 4.89. The zero-order valence-electron chi connectivity index (χ0n) is 11.3. The fraction of sp³-hybridized carbons (Fsp3) is 0.667. The lowest BCUT2D eigenvalue weighted by Gasteiger charge is -2.13. The van der Waals surface area contributed by atoms with Crippen LogP contribution in [-0.4, -0.2) is 42.5 Å². The van der Waals surface area contributed by atoms with Gasteiger partial charge in [-0.2, -0.15) is 4.98 Å². The second kappa shape index (κ2) is 5.73. The van der Waals surface area contributed by atoms with E-state index in [-0.39, 0.29) is 17.5 Å². The lowest BCUT2D eigenvalue weighted by atomic mass is 10.2. The Hall–Kier alpha value is -1.37. The van der Waals surface area contributed by atoms with Gasteiger partial charge >= 0.3 is 0 Å². The van der Waals surface area contributed by atoms with Crippen molar-refractivity contribution >= 4 is 21.6 Å². The molecule has 1 fully saturated rings. The highest BCUT2D eigenvalue weighted by Gasteiger charge is 2.28. The molecule has 0 spiro atoms. The number of nitrogens with one attached hydrogen (secondary N) is 2. The van der Waals surface area contributed by atoms with E-state index in [9.17, 15) is 8.42 Å². The van der Waals surface area contributed by atoms with Crippen molar-refractivity contribution in [2.24, 2.45) is 0 Å². The molecule has 106 valence electrons. The molecule has 1 aromatic heterocycles. The molecule has 0 aromatic carbocycles. The van der Waals surface area contributed by atoms with Gasteiger partial charge in [0.15, 0.2) is 9.84 Å². The zero-order chi connectivity index (χ0) is 13.9. The number of aryl methyl sites for hydroxylation is 1. The quantitative estimate of drug-likeness (QED) is 0.845. The maximum absolute atomic E-state index is 11.4. The number of anilines is 2. The lowest BCUT2D eigenvalue weighted by molar-refractivity contribution is 0.602. The normalized spacial score (nSPS) is 21.3. The average molecular weight is 284 g/mol. The maximum Gasteiger partial charge on any atom is 0.224 e. The SMILES string of the molecule is CCCNc1nc(C)cc(NC2CCS(=O)(=O)C2)n1. The predicted molar refractivity (Wildman–Crippen MR) is 76.2 cm³/mol. The van der Waals surface area contributed by atoms with Crippen LogP contribution >= 0.6 is 0 Å². The van der Waals surface area contributed by atoms with Crippen molar-refractivity contribution in [1.29, 1.82) is 0 Å². The molecule has 1 unspecified atom stereocenters. The number of rotatable bonds is 5. The van der Waals surface area contributed by atoms with Gasteiger partial charge in [-0.05, 0) is 19.8 Å². The zero-order valence-corrected chi connectivity index (χ0v) is 12.1. The summed E-state index contributed by atoms with van der Waals surface area (Å²) in [5.41, 5.74) is 0.858. The van der Waals surface area contributed by atoms with Crippen LogP contribution in [-0.2, 0) is 9.84 Å². The van der Waals surface area contributed by atoms with E-state index in [4.69, 9.17) is 0 Å². The molecule has 2 N–H and O–H groups in total. The van der Waals surface area contributed by atoms with E-state index in [2.05, 4.69) is 27.5 Å². The Bertz CT molecular complexity index is 545. The largest absolute Gasteiger partial charge is 0.366 e. The molecule has 1 aromatic rings. The van der Waals surface area contributed by atoms with E-state index in [1.807, 2.05) is 13.0 Å². The molecule has 2 heterocycles. The number of nitrogens with zero attached hydrogens (tertiary/aromatic N) is 2. The summed E-state index contributed by atoms with van der Waals surface area (Å²) < 4.78 is 22.8. The molecule has 19 heavy (non-hydrogen) atoms. The third-order valence-electron chi connectivity index (χ3n) is 2.97. The van der Waals surface area contributed by atoms with Gasteiger partial charge in [0, 0.05) is 24.3 Å².